The summed E-state index contributed by atoms with van der Waals surface area (Å²) in [5, 5.41) is 2.94. The van der Waals surface area contributed by atoms with Gasteiger partial charge in [0.2, 0.25) is 0 Å². The number of nitrogens with zero attached hydrogens (tertiary/aromatic N) is 2. The van der Waals surface area contributed by atoms with E-state index < -0.39 is 34.7 Å². The molecule has 1 aliphatic heterocycles. The Balaban J connectivity index is 1.88. The average molecular weight is 435 g/mol. The smallest absolute Gasteiger partial charge is 0.410 e. The Morgan fingerprint density at radius 1 is 1.10 bits per heavy atom. The lowest BCUT2D eigenvalue weighted by molar-refractivity contribution is 0.0107. The molecule has 1 aromatic heterocycles. The fourth-order valence-electron chi connectivity index (χ4n) is 3.54. The van der Waals surface area contributed by atoms with Crippen LogP contribution in [0.25, 0.3) is 11.0 Å². The molecule has 1 saturated heterocycles. The van der Waals surface area contributed by atoms with Gasteiger partial charge in [0.25, 0.3) is 0 Å². The van der Waals surface area contributed by atoms with E-state index in [9.17, 15) is 14.0 Å². The molecule has 1 aliphatic rings. The van der Waals surface area contributed by atoms with Crippen molar-refractivity contribution in [1.29, 1.82) is 0 Å². The van der Waals surface area contributed by atoms with Crippen molar-refractivity contribution in [3.05, 3.63) is 29.8 Å². The van der Waals surface area contributed by atoms with Crippen molar-refractivity contribution >= 4 is 23.2 Å². The Morgan fingerprint density at radius 2 is 1.71 bits per heavy atom. The third kappa shape index (κ3) is 5.45. The molecule has 3 rings (SSSR count). The van der Waals surface area contributed by atoms with Crippen LogP contribution in [0.5, 0.6) is 0 Å². The topological polar surface area (TPSA) is 96.5 Å². The summed E-state index contributed by atoms with van der Waals surface area (Å²) in [6.45, 7) is 11.4. The number of hydrogen-bond acceptors (Lipinski definition) is 5. The fraction of sp³-hybridized carbons (Fsp3) is 0.591. The fourth-order valence-corrected chi connectivity index (χ4v) is 3.54. The summed E-state index contributed by atoms with van der Waals surface area (Å²) in [6, 6.07) is 4.64. The van der Waals surface area contributed by atoms with Crippen LogP contribution in [0.15, 0.2) is 18.2 Å². The number of rotatable bonds is 2. The van der Waals surface area contributed by atoms with Crippen LogP contribution in [0.3, 0.4) is 0 Å². The van der Waals surface area contributed by atoms with E-state index in [1.54, 1.807) is 37.8 Å². The predicted octanol–water partition coefficient (Wildman–Crippen LogP) is 4.45. The van der Waals surface area contributed by atoms with Crippen molar-refractivity contribution in [1.82, 2.24) is 20.2 Å². The summed E-state index contributed by atoms with van der Waals surface area (Å²) in [5.74, 6) is 0.0113. The molecule has 1 fully saturated rings. The maximum absolute atomic E-state index is 14.2. The Bertz CT molecular complexity index is 966. The SMILES string of the molecule is CC(C)(C)OC(=O)NC1(c2nc3cccc(F)c3[nH]2)CCN(C(=O)OC(C)(C)C)CC1. The molecule has 1 aromatic carbocycles. The number of hydrogen-bond donors (Lipinski definition) is 2. The van der Waals surface area contributed by atoms with E-state index in [4.69, 9.17) is 9.47 Å². The standard InChI is InChI=1S/C22H31FN4O4/c1-20(2,3)30-18(28)26-22(17-24-15-9-7-8-14(23)16(15)25-17)10-12-27(13-11-22)19(29)31-21(4,5)6/h7-9H,10-13H2,1-6H3,(H,24,25)(H,26,28). The molecule has 31 heavy (non-hydrogen) atoms. The Morgan fingerprint density at radius 3 is 2.26 bits per heavy atom. The molecule has 0 unspecified atom stereocenters. The quantitative estimate of drug-likeness (QED) is 0.728. The van der Waals surface area contributed by atoms with Gasteiger partial charge in [-0.1, -0.05) is 6.07 Å². The average Bonchev–Trinajstić information content (AvgIpc) is 3.05. The monoisotopic (exact) mass is 434 g/mol. The number of aromatic nitrogens is 2. The third-order valence-corrected chi connectivity index (χ3v) is 4.93. The highest BCUT2D eigenvalue weighted by Crippen LogP contribution is 2.34. The first-order chi connectivity index (χ1) is 14.3. The minimum atomic E-state index is -0.938. The molecule has 8 nitrogen and oxygen atoms in total. The van der Waals surface area contributed by atoms with Crippen LogP contribution in [-0.4, -0.2) is 51.3 Å². The molecule has 0 radical (unpaired) electrons. The number of halogens is 1. The number of aromatic amines is 1. The highest BCUT2D eigenvalue weighted by Gasteiger charge is 2.43. The molecule has 2 heterocycles. The van der Waals surface area contributed by atoms with E-state index in [-0.39, 0.29) is 5.52 Å². The largest absolute Gasteiger partial charge is 0.444 e. The number of ether oxygens (including phenoxy) is 2. The summed E-state index contributed by atoms with van der Waals surface area (Å²) in [6.07, 6.45) is -0.270. The van der Waals surface area contributed by atoms with Gasteiger partial charge < -0.3 is 24.7 Å². The van der Waals surface area contributed by atoms with E-state index in [0.717, 1.165) is 0 Å². The van der Waals surface area contributed by atoms with Gasteiger partial charge in [-0.25, -0.2) is 19.0 Å². The predicted molar refractivity (Wildman–Crippen MR) is 114 cm³/mol. The van der Waals surface area contributed by atoms with E-state index in [1.165, 1.54) is 6.07 Å². The maximum Gasteiger partial charge on any atom is 0.410 e. The molecule has 0 atom stereocenters. The first-order valence-electron chi connectivity index (χ1n) is 10.4. The van der Waals surface area contributed by atoms with Gasteiger partial charge in [0.1, 0.15) is 33.9 Å². The zero-order valence-corrected chi connectivity index (χ0v) is 19.0. The lowest BCUT2D eigenvalue weighted by Crippen LogP contribution is -2.55. The summed E-state index contributed by atoms with van der Waals surface area (Å²) in [5.41, 5.74) is -1.47. The molecule has 9 heteroatoms. The second-order valence-corrected chi connectivity index (χ2v) is 9.90. The summed E-state index contributed by atoms with van der Waals surface area (Å²) < 4.78 is 25.2. The molecular weight excluding hydrogens is 403 g/mol. The van der Waals surface area contributed by atoms with Gasteiger partial charge in [0, 0.05) is 13.1 Å². The van der Waals surface area contributed by atoms with Gasteiger partial charge in [-0.2, -0.15) is 0 Å². The lowest BCUT2D eigenvalue weighted by atomic mass is 9.86. The molecule has 2 aromatic rings. The molecule has 0 aliphatic carbocycles. The number of imidazole rings is 1. The Hall–Kier alpha value is -2.84. The second-order valence-electron chi connectivity index (χ2n) is 9.90. The van der Waals surface area contributed by atoms with Gasteiger partial charge in [-0.05, 0) is 66.5 Å². The molecular formula is C22H31FN4O4. The van der Waals surface area contributed by atoms with Crippen molar-refractivity contribution in [3.8, 4) is 0 Å². The number of alkyl carbamates (subject to hydrolysis) is 1. The highest BCUT2D eigenvalue weighted by atomic mass is 19.1. The Kier molecular flexibility index (Phi) is 5.90. The number of carbonyl (C=O) groups is 2. The van der Waals surface area contributed by atoms with E-state index in [0.29, 0.717) is 37.3 Å². The van der Waals surface area contributed by atoms with Gasteiger partial charge in [0.15, 0.2) is 0 Å². The minimum absolute atomic E-state index is 0.275. The van der Waals surface area contributed by atoms with Crippen molar-refractivity contribution in [2.45, 2.75) is 71.1 Å². The normalized spacial score (nSPS) is 16.8. The Labute approximate surface area is 181 Å². The number of carbonyl (C=O) groups excluding carboxylic acids is 2. The number of fused-ring (bicyclic) bond motifs is 1. The lowest BCUT2D eigenvalue weighted by Gasteiger charge is -2.41. The van der Waals surface area contributed by atoms with Crippen molar-refractivity contribution in [2.75, 3.05) is 13.1 Å². The first-order valence-corrected chi connectivity index (χ1v) is 10.4. The van der Waals surface area contributed by atoms with Crippen molar-refractivity contribution < 1.29 is 23.5 Å². The zero-order chi connectivity index (χ0) is 23.0. The van der Waals surface area contributed by atoms with Gasteiger partial charge in [0.05, 0.1) is 5.52 Å². The van der Waals surface area contributed by atoms with Crippen LogP contribution in [-0.2, 0) is 15.0 Å². The van der Waals surface area contributed by atoms with Crippen LogP contribution < -0.4 is 5.32 Å². The minimum Gasteiger partial charge on any atom is -0.444 e. The molecule has 0 saturated carbocycles. The number of nitrogens with one attached hydrogen (secondary N) is 2. The highest BCUT2D eigenvalue weighted by molar-refractivity contribution is 5.76. The molecule has 0 bridgehead atoms. The number of para-hydroxylation sites is 1. The van der Waals surface area contributed by atoms with Crippen LogP contribution in [0.1, 0.15) is 60.2 Å². The van der Waals surface area contributed by atoms with Crippen molar-refractivity contribution in [2.24, 2.45) is 0 Å². The van der Waals surface area contributed by atoms with Crippen LogP contribution in [0.4, 0.5) is 14.0 Å². The van der Waals surface area contributed by atoms with Gasteiger partial charge in [-0.3, -0.25) is 0 Å². The number of likely N-dealkylation sites (tertiary alicyclic amines) is 1. The van der Waals surface area contributed by atoms with Crippen molar-refractivity contribution in [3.63, 3.8) is 0 Å². The number of piperidine rings is 1. The van der Waals surface area contributed by atoms with Crippen LogP contribution in [0, 0.1) is 5.82 Å². The molecule has 0 spiro atoms. The summed E-state index contributed by atoms with van der Waals surface area (Å²) in [4.78, 5) is 34.3. The van der Waals surface area contributed by atoms with Gasteiger partial charge in [-0.15, -0.1) is 0 Å². The summed E-state index contributed by atoms with van der Waals surface area (Å²) >= 11 is 0. The number of H-pyrrole nitrogens is 1. The molecule has 2 N–H and O–H groups in total. The summed E-state index contributed by atoms with van der Waals surface area (Å²) in [7, 11) is 0. The molecule has 170 valence electrons. The third-order valence-electron chi connectivity index (χ3n) is 4.93. The molecule has 2 amide bonds. The van der Waals surface area contributed by atoms with Gasteiger partial charge >= 0.3 is 12.2 Å². The first kappa shape index (κ1) is 22.8. The zero-order valence-electron chi connectivity index (χ0n) is 19.0. The van der Waals surface area contributed by atoms with Crippen LogP contribution in [0.2, 0.25) is 0 Å². The maximum atomic E-state index is 14.2. The van der Waals surface area contributed by atoms with E-state index >= 15 is 0 Å². The second kappa shape index (κ2) is 8.01. The van der Waals surface area contributed by atoms with E-state index in [2.05, 4.69) is 15.3 Å². The van der Waals surface area contributed by atoms with Crippen LogP contribution >= 0.6 is 0 Å². The number of benzene rings is 1. The number of amides is 2. The van der Waals surface area contributed by atoms with E-state index in [1.807, 2.05) is 20.8 Å².